The number of benzene rings is 1. The molecule has 1 aliphatic rings. The van der Waals surface area contributed by atoms with Crippen LogP contribution >= 0.6 is 11.8 Å². The molecule has 3 aromatic rings. The van der Waals surface area contributed by atoms with Gasteiger partial charge in [0.25, 0.3) is 0 Å². The average molecular weight is 311 g/mol. The van der Waals surface area contributed by atoms with Crippen LogP contribution in [-0.4, -0.2) is 25.6 Å². The third-order valence-electron chi connectivity index (χ3n) is 4.32. The average Bonchev–Trinajstić information content (AvgIpc) is 2.93. The van der Waals surface area contributed by atoms with Crippen LogP contribution in [0.5, 0.6) is 0 Å². The Kier molecular flexibility index (Phi) is 3.37. The Bertz CT molecular complexity index is 871. The van der Waals surface area contributed by atoms with Crippen molar-refractivity contribution in [2.75, 3.05) is 0 Å². The predicted octanol–water partition coefficient (Wildman–Crippen LogP) is 3.79. The van der Waals surface area contributed by atoms with E-state index in [0.29, 0.717) is 12.2 Å². The van der Waals surface area contributed by atoms with E-state index in [1.807, 2.05) is 12.1 Å². The highest BCUT2D eigenvalue weighted by atomic mass is 32.2. The molecule has 22 heavy (non-hydrogen) atoms. The lowest BCUT2D eigenvalue weighted by Gasteiger charge is -2.19. The summed E-state index contributed by atoms with van der Waals surface area (Å²) in [6.45, 7) is 2.09. The minimum absolute atomic E-state index is 0.0289. The molecular formula is C17H17N3OS. The Hall–Kier alpha value is -1.88. The molecule has 4 rings (SSSR count). The van der Waals surface area contributed by atoms with Crippen LogP contribution in [0.25, 0.3) is 16.6 Å². The van der Waals surface area contributed by atoms with Crippen molar-refractivity contribution in [3.05, 3.63) is 35.9 Å². The summed E-state index contributed by atoms with van der Waals surface area (Å²) in [5.41, 5.74) is 3.15. The van der Waals surface area contributed by atoms with Gasteiger partial charge in [-0.1, -0.05) is 36.4 Å². The molecule has 1 unspecified atom stereocenters. The van der Waals surface area contributed by atoms with Crippen molar-refractivity contribution in [3.8, 4) is 0 Å². The molecule has 2 aromatic heterocycles. The van der Waals surface area contributed by atoms with E-state index >= 15 is 0 Å². The lowest BCUT2D eigenvalue weighted by atomic mass is 9.99. The molecular weight excluding hydrogens is 294 g/mol. The number of aromatic nitrogens is 3. The fourth-order valence-corrected chi connectivity index (χ4v) is 4.33. The SMILES string of the molecule is Cc1cc2nnc(SC3CCCCC3=O)n2c2ccccc12. The molecule has 1 aromatic carbocycles. The molecule has 0 amide bonds. The Balaban J connectivity index is 1.85. The standard InChI is InChI=1S/C17H17N3OS/c1-11-10-16-18-19-17(22-15-9-5-4-8-14(15)21)20(16)13-7-3-2-6-12(11)13/h2-3,6-7,10,15H,4-5,8-9H2,1H3. The van der Waals surface area contributed by atoms with E-state index in [1.54, 1.807) is 11.8 Å². The molecule has 0 radical (unpaired) electrons. The Morgan fingerprint density at radius 2 is 2.09 bits per heavy atom. The van der Waals surface area contributed by atoms with Crippen LogP contribution in [0, 0.1) is 6.92 Å². The lowest BCUT2D eigenvalue weighted by molar-refractivity contribution is -0.119. The van der Waals surface area contributed by atoms with E-state index in [4.69, 9.17) is 0 Å². The van der Waals surface area contributed by atoms with Crippen molar-refractivity contribution in [1.82, 2.24) is 14.6 Å². The zero-order valence-electron chi connectivity index (χ0n) is 12.5. The van der Waals surface area contributed by atoms with Crippen LogP contribution in [0.3, 0.4) is 0 Å². The maximum Gasteiger partial charge on any atom is 0.196 e. The summed E-state index contributed by atoms with van der Waals surface area (Å²) in [7, 11) is 0. The van der Waals surface area contributed by atoms with Gasteiger partial charge in [-0.2, -0.15) is 0 Å². The van der Waals surface area contributed by atoms with E-state index in [0.717, 1.165) is 35.6 Å². The second-order valence-corrected chi connectivity index (χ2v) is 7.01. The van der Waals surface area contributed by atoms with Crippen molar-refractivity contribution in [3.63, 3.8) is 0 Å². The maximum atomic E-state index is 12.1. The van der Waals surface area contributed by atoms with Gasteiger partial charge in [0.05, 0.1) is 10.8 Å². The second-order valence-electron chi connectivity index (χ2n) is 5.84. The molecule has 0 aliphatic heterocycles. The smallest absolute Gasteiger partial charge is 0.196 e. The van der Waals surface area contributed by atoms with Gasteiger partial charge in [0, 0.05) is 11.8 Å². The number of ketones is 1. The number of nitrogens with zero attached hydrogens (tertiary/aromatic N) is 3. The summed E-state index contributed by atoms with van der Waals surface area (Å²) in [6.07, 6.45) is 3.80. The van der Waals surface area contributed by atoms with E-state index in [9.17, 15) is 4.79 Å². The van der Waals surface area contributed by atoms with Gasteiger partial charge >= 0.3 is 0 Å². The molecule has 112 valence electrons. The summed E-state index contributed by atoms with van der Waals surface area (Å²) < 4.78 is 2.08. The lowest BCUT2D eigenvalue weighted by Crippen LogP contribution is -2.21. The fraction of sp³-hybridized carbons (Fsp3) is 0.353. The van der Waals surface area contributed by atoms with Crippen molar-refractivity contribution in [2.24, 2.45) is 0 Å². The van der Waals surface area contributed by atoms with Gasteiger partial charge in [0.15, 0.2) is 10.8 Å². The van der Waals surface area contributed by atoms with Crippen LogP contribution in [0.15, 0.2) is 35.5 Å². The monoisotopic (exact) mass is 311 g/mol. The van der Waals surface area contributed by atoms with Crippen LogP contribution in [0.2, 0.25) is 0 Å². The van der Waals surface area contributed by atoms with Gasteiger partial charge in [0.2, 0.25) is 0 Å². The number of carbonyl (C=O) groups excluding carboxylic acids is 1. The van der Waals surface area contributed by atoms with Gasteiger partial charge in [0.1, 0.15) is 5.78 Å². The number of rotatable bonds is 2. The first-order chi connectivity index (χ1) is 10.7. The first-order valence-electron chi connectivity index (χ1n) is 7.67. The number of hydrogen-bond donors (Lipinski definition) is 0. The molecule has 0 spiro atoms. The van der Waals surface area contributed by atoms with Gasteiger partial charge in [-0.15, -0.1) is 10.2 Å². The first-order valence-corrected chi connectivity index (χ1v) is 8.55. The molecule has 1 atom stereocenters. The molecule has 1 fully saturated rings. The van der Waals surface area contributed by atoms with Crippen LogP contribution in [0.1, 0.15) is 31.2 Å². The molecule has 2 heterocycles. The highest BCUT2D eigenvalue weighted by molar-refractivity contribution is 8.00. The van der Waals surface area contributed by atoms with Gasteiger partial charge in [-0.05, 0) is 37.5 Å². The largest absolute Gasteiger partial charge is 0.298 e. The van der Waals surface area contributed by atoms with Crippen LogP contribution in [-0.2, 0) is 4.79 Å². The number of carbonyl (C=O) groups is 1. The molecule has 0 N–H and O–H groups in total. The second kappa shape index (κ2) is 5.39. The third kappa shape index (κ3) is 2.20. The number of hydrogen-bond acceptors (Lipinski definition) is 4. The fourth-order valence-electron chi connectivity index (χ4n) is 3.15. The Morgan fingerprint density at radius 1 is 1.23 bits per heavy atom. The molecule has 5 heteroatoms. The molecule has 1 saturated carbocycles. The number of thioether (sulfide) groups is 1. The Morgan fingerprint density at radius 3 is 2.95 bits per heavy atom. The quantitative estimate of drug-likeness (QED) is 0.722. The van der Waals surface area contributed by atoms with Gasteiger partial charge in [-0.25, -0.2) is 0 Å². The summed E-state index contributed by atoms with van der Waals surface area (Å²) in [5.74, 6) is 0.351. The van der Waals surface area contributed by atoms with Crippen molar-refractivity contribution in [2.45, 2.75) is 43.0 Å². The topological polar surface area (TPSA) is 47.3 Å². The van der Waals surface area contributed by atoms with E-state index in [2.05, 4.69) is 39.7 Å². The number of aryl methyl sites for hydroxylation is 1. The highest BCUT2D eigenvalue weighted by Crippen LogP contribution is 2.32. The molecule has 0 saturated heterocycles. The Labute approximate surface area is 132 Å². The van der Waals surface area contributed by atoms with Crippen LogP contribution in [0.4, 0.5) is 0 Å². The number of Topliss-reactive ketones (excluding diaryl/α,β-unsaturated/α-hetero) is 1. The number of para-hydroxylation sites is 1. The van der Waals surface area contributed by atoms with E-state index < -0.39 is 0 Å². The van der Waals surface area contributed by atoms with Gasteiger partial charge in [-0.3, -0.25) is 9.20 Å². The zero-order valence-corrected chi connectivity index (χ0v) is 13.3. The first kappa shape index (κ1) is 13.8. The van der Waals surface area contributed by atoms with Crippen LogP contribution < -0.4 is 0 Å². The zero-order chi connectivity index (χ0) is 15.1. The van der Waals surface area contributed by atoms with E-state index in [1.165, 1.54) is 10.9 Å². The minimum atomic E-state index is 0.0289. The summed E-state index contributed by atoms with van der Waals surface area (Å²) >= 11 is 1.57. The van der Waals surface area contributed by atoms with Crippen molar-refractivity contribution < 1.29 is 4.79 Å². The summed E-state index contributed by atoms with van der Waals surface area (Å²) in [6, 6.07) is 10.3. The summed E-state index contributed by atoms with van der Waals surface area (Å²) in [4.78, 5) is 12.1. The molecule has 4 nitrogen and oxygen atoms in total. The van der Waals surface area contributed by atoms with Crippen molar-refractivity contribution >= 4 is 34.1 Å². The van der Waals surface area contributed by atoms with Crippen molar-refractivity contribution in [1.29, 1.82) is 0 Å². The van der Waals surface area contributed by atoms with Gasteiger partial charge < -0.3 is 0 Å². The number of fused-ring (bicyclic) bond motifs is 3. The highest BCUT2D eigenvalue weighted by Gasteiger charge is 2.25. The number of pyridine rings is 1. The minimum Gasteiger partial charge on any atom is -0.298 e. The van der Waals surface area contributed by atoms with E-state index in [-0.39, 0.29) is 5.25 Å². The maximum absolute atomic E-state index is 12.1. The molecule has 0 bridgehead atoms. The molecule has 1 aliphatic carbocycles. The summed E-state index contributed by atoms with van der Waals surface area (Å²) in [5, 5.41) is 10.7. The normalized spacial score (nSPS) is 19.1. The predicted molar refractivity (Wildman–Crippen MR) is 88.4 cm³/mol. The third-order valence-corrected chi connectivity index (χ3v) is 5.58.